The number of carboxylic acids is 1. The maximum atomic E-state index is 13.0. The molecule has 0 unspecified atom stereocenters. The van der Waals surface area contributed by atoms with Crippen LogP contribution in [-0.4, -0.2) is 11.1 Å². The van der Waals surface area contributed by atoms with Gasteiger partial charge in [-0.1, -0.05) is 0 Å². The van der Waals surface area contributed by atoms with E-state index in [4.69, 9.17) is 9.84 Å². The van der Waals surface area contributed by atoms with Crippen molar-refractivity contribution in [1.82, 2.24) is 0 Å². The zero-order valence-corrected chi connectivity index (χ0v) is 11.0. The summed E-state index contributed by atoms with van der Waals surface area (Å²) in [4.78, 5) is 12.0. The highest BCUT2D eigenvalue weighted by atomic mass is 32.1. The second-order valence-electron chi connectivity index (χ2n) is 3.84. The van der Waals surface area contributed by atoms with Crippen LogP contribution in [0.25, 0.3) is 6.08 Å². The number of thiophene rings is 1. The second-order valence-corrected chi connectivity index (χ2v) is 5.04. The molecule has 0 radical (unpaired) electrons. The van der Waals surface area contributed by atoms with Gasteiger partial charge < -0.3 is 9.84 Å². The molecule has 3 nitrogen and oxygen atoms in total. The molecule has 0 atom stereocenters. The van der Waals surface area contributed by atoms with Crippen LogP contribution in [0.5, 0.6) is 5.75 Å². The first-order valence-corrected chi connectivity index (χ1v) is 6.44. The molecule has 6 heteroatoms. The van der Waals surface area contributed by atoms with Gasteiger partial charge in [0.15, 0.2) is 11.6 Å². The Hall–Kier alpha value is -2.21. The zero-order chi connectivity index (χ0) is 14.5. The molecule has 0 spiro atoms. The van der Waals surface area contributed by atoms with Gasteiger partial charge in [-0.2, -0.15) is 0 Å². The van der Waals surface area contributed by atoms with Gasteiger partial charge in [-0.3, -0.25) is 0 Å². The Morgan fingerprint density at radius 3 is 2.75 bits per heavy atom. The average molecular weight is 296 g/mol. The van der Waals surface area contributed by atoms with E-state index in [1.165, 1.54) is 23.5 Å². The van der Waals surface area contributed by atoms with Crippen LogP contribution >= 0.6 is 11.3 Å². The summed E-state index contributed by atoms with van der Waals surface area (Å²) in [5.74, 6) is -2.66. The van der Waals surface area contributed by atoms with E-state index in [0.29, 0.717) is 0 Å². The van der Waals surface area contributed by atoms with E-state index in [9.17, 15) is 13.6 Å². The monoisotopic (exact) mass is 296 g/mol. The van der Waals surface area contributed by atoms with Gasteiger partial charge in [0.25, 0.3) is 0 Å². The number of carbonyl (C=O) groups is 1. The van der Waals surface area contributed by atoms with E-state index < -0.39 is 17.6 Å². The van der Waals surface area contributed by atoms with Crippen LogP contribution in [-0.2, 0) is 11.4 Å². The van der Waals surface area contributed by atoms with Crippen molar-refractivity contribution in [3.8, 4) is 5.75 Å². The fourth-order valence-corrected chi connectivity index (χ4v) is 2.27. The van der Waals surface area contributed by atoms with Gasteiger partial charge in [-0.15, -0.1) is 11.3 Å². The van der Waals surface area contributed by atoms with Gasteiger partial charge in [0.2, 0.25) is 0 Å². The van der Waals surface area contributed by atoms with E-state index in [0.717, 1.165) is 28.0 Å². The van der Waals surface area contributed by atoms with Crippen LogP contribution in [0.4, 0.5) is 8.78 Å². The van der Waals surface area contributed by atoms with Crippen LogP contribution in [0.15, 0.2) is 36.4 Å². The van der Waals surface area contributed by atoms with Crippen molar-refractivity contribution < 1.29 is 23.4 Å². The minimum absolute atomic E-state index is 0.205. The summed E-state index contributed by atoms with van der Waals surface area (Å²) >= 11 is 1.36. The third-order valence-electron chi connectivity index (χ3n) is 2.34. The molecule has 1 aromatic carbocycles. The lowest BCUT2D eigenvalue weighted by Gasteiger charge is -2.04. The predicted molar refractivity (Wildman–Crippen MR) is 71.7 cm³/mol. The van der Waals surface area contributed by atoms with Gasteiger partial charge in [0.1, 0.15) is 12.4 Å². The summed E-state index contributed by atoms with van der Waals surface area (Å²) in [6.07, 6.45) is 2.53. The highest BCUT2D eigenvalue weighted by Gasteiger charge is 2.04. The summed E-state index contributed by atoms with van der Waals surface area (Å²) in [6.45, 7) is 0.205. The Morgan fingerprint density at radius 1 is 1.25 bits per heavy atom. The quantitative estimate of drug-likeness (QED) is 0.856. The van der Waals surface area contributed by atoms with Crippen LogP contribution in [0.3, 0.4) is 0 Å². The Morgan fingerprint density at radius 2 is 2.05 bits per heavy atom. The highest BCUT2D eigenvalue weighted by molar-refractivity contribution is 7.12. The number of ether oxygens (including phenoxy) is 1. The normalized spacial score (nSPS) is 10.9. The van der Waals surface area contributed by atoms with Gasteiger partial charge in [-0.05, 0) is 30.3 Å². The summed E-state index contributed by atoms with van der Waals surface area (Å²) < 4.78 is 31.0. The number of hydrogen-bond donors (Lipinski definition) is 1. The number of aliphatic carboxylic acids is 1. The number of benzene rings is 1. The van der Waals surface area contributed by atoms with Crippen LogP contribution in [0.2, 0.25) is 0 Å². The first-order valence-electron chi connectivity index (χ1n) is 5.62. The van der Waals surface area contributed by atoms with Gasteiger partial charge in [0.05, 0.1) is 0 Å². The van der Waals surface area contributed by atoms with Crippen molar-refractivity contribution in [3.63, 3.8) is 0 Å². The van der Waals surface area contributed by atoms with Gasteiger partial charge in [0, 0.05) is 21.9 Å². The maximum absolute atomic E-state index is 13.0. The number of halogens is 2. The standard InChI is InChI=1S/C14H10F2O3S/c15-12-5-1-9(7-13(12)16)19-8-11-3-2-10(20-11)4-6-14(17)18/h1-7H,8H2,(H,17,18). The maximum Gasteiger partial charge on any atom is 0.328 e. The molecule has 0 aliphatic rings. The van der Waals surface area contributed by atoms with Crippen molar-refractivity contribution in [3.05, 3.63) is 57.8 Å². The average Bonchev–Trinajstić information content (AvgIpc) is 2.86. The van der Waals surface area contributed by atoms with E-state index in [1.807, 2.05) is 0 Å². The second kappa shape index (κ2) is 6.29. The van der Waals surface area contributed by atoms with Crippen molar-refractivity contribution in [1.29, 1.82) is 0 Å². The Labute approximate surface area is 117 Å². The SMILES string of the molecule is O=C(O)C=Cc1ccc(COc2ccc(F)c(F)c2)s1. The molecule has 1 aromatic heterocycles. The zero-order valence-electron chi connectivity index (χ0n) is 10.2. The van der Waals surface area contributed by atoms with E-state index in [-0.39, 0.29) is 12.4 Å². The summed E-state index contributed by atoms with van der Waals surface area (Å²) in [7, 11) is 0. The van der Waals surface area contributed by atoms with E-state index >= 15 is 0 Å². The molecule has 0 bridgehead atoms. The Bertz CT molecular complexity index is 650. The Kier molecular flexibility index (Phi) is 4.47. The summed E-state index contributed by atoms with van der Waals surface area (Å²) in [5.41, 5.74) is 0. The molecule has 0 saturated carbocycles. The lowest BCUT2D eigenvalue weighted by Crippen LogP contribution is -1.94. The molecule has 1 heterocycles. The molecule has 2 rings (SSSR count). The molecule has 104 valence electrons. The minimum Gasteiger partial charge on any atom is -0.488 e. The molecule has 0 aliphatic carbocycles. The topological polar surface area (TPSA) is 46.5 Å². The first-order chi connectivity index (χ1) is 9.54. The molecule has 0 saturated heterocycles. The largest absolute Gasteiger partial charge is 0.488 e. The first kappa shape index (κ1) is 14.2. The van der Waals surface area contributed by atoms with Gasteiger partial charge in [-0.25, -0.2) is 13.6 Å². The highest BCUT2D eigenvalue weighted by Crippen LogP contribution is 2.21. The smallest absolute Gasteiger partial charge is 0.328 e. The molecule has 20 heavy (non-hydrogen) atoms. The van der Waals surface area contributed by atoms with Crippen LogP contribution < -0.4 is 4.74 Å². The predicted octanol–water partition coefficient (Wildman–Crippen LogP) is 3.70. The van der Waals surface area contributed by atoms with Crippen molar-refractivity contribution in [2.75, 3.05) is 0 Å². The molecular weight excluding hydrogens is 286 g/mol. The van der Waals surface area contributed by atoms with Gasteiger partial charge >= 0.3 is 5.97 Å². The molecule has 1 N–H and O–H groups in total. The third kappa shape index (κ3) is 3.89. The molecular formula is C14H10F2O3S. The van der Waals surface area contributed by atoms with Crippen molar-refractivity contribution in [2.24, 2.45) is 0 Å². The number of rotatable bonds is 5. The molecule has 0 amide bonds. The third-order valence-corrected chi connectivity index (χ3v) is 3.37. The van der Waals surface area contributed by atoms with Crippen molar-refractivity contribution >= 4 is 23.4 Å². The lowest BCUT2D eigenvalue weighted by atomic mass is 10.3. The molecule has 0 fully saturated rings. The fourth-order valence-electron chi connectivity index (χ4n) is 1.44. The lowest BCUT2D eigenvalue weighted by molar-refractivity contribution is -0.131. The van der Waals surface area contributed by atoms with Crippen LogP contribution in [0.1, 0.15) is 9.75 Å². The van der Waals surface area contributed by atoms with E-state index in [2.05, 4.69) is 0 Å². The summed E-state index contributed by atoms with van der Waals surface area (Å²) in [6, 6.07) is 6.87. The minimum atomic E-state index is -1.02. The van der Waals surface area contributed by atoms with E-state index in [1.54, 1.807) is 12.1 Å². The number of hydrogen-bond acceptors (Lipinski definition) is 3. The fraction of sp³-hybridized carbons (Fsp3) is 0.0714. The molecule has 2 aromatic rings. The van der Waals surface area contributed by atoms with Crippen LogP contribution in [0, 0.1) is 11.6 Å². The summed E-state index contributed by atoms with van der Waals surface area (Å²) in [5, 5.41) is 8.51. The Balaban J connectivity index is 1.97. The van der Waals surface area contributed by atoms with Crippen molar-refractivity contribution in [2.45, 2.75) is 6.61 Å². The molecule has 0 aliphatic heterocycles. The number of carboxylic acid groups (broad SMARTS) is 1.